The monoisotopic (exact) mass is 393 g/mol. The van der Waals surface area contributed by atoms with Gasteiger partial charge in [-0.2, -0.15) is 0 Å². The first-order chi connectivity index (χ1) is 14.0. The van der Waals surface area contributed by atoms with Gasteiger partial charge in [0, 0.05) is 13.6 Å². The maximum Gasteiger partial charge on any atom is 0.353 e. The highest BCUT2D eigenvalue weighted by atomic mass is 16.6. The lowest BCUT2D eigenvalue weighted by Crippen LogP contribution is -2.20. The molecule has 0 atom stereocenters. The second kappa shape index (κ2) is 8.79. The normalized spacial score (nSPS) is 10.3. The number of nitrogens with one attached hydrogen (secondary N) is 1. The number of esters is 1. The number of para-hydroxylation sites is 1. The van der Waals surface area contributed by atoms with E-state index in [9.17, 15) is 14.9 Å². The summed E-state index contributed by atoms with van der Waals surface area (Å²) in [5.74, 6) is -0.422. The lowest BCUT2D eigenvalue weighted by Gasteiger charge is -2.19. The van der Waals surface area contributed by atoms with Crippen LogP contribution < -0.4 is 10.2 Å². The van der Waals surface area contributed by atoms with Crippen molar-refractivity contribution in [2.45, 2.75) is 6.54 Å². The molecule has 0 saturated heterocycles. The molecule has 0 radical (unpaired) electrons. The first kappa shape index (κ1) is 19.7. The third kappa shape index (κ3) is 4.46. The molecule has 0 fully saturated rings. The van der Waals surface area contributed by atoms with Crippen LogP contribution in [0.25, 0.3) is 0 Å². The van der Waals surface area contributed by atoms with Crippen molar-refractivity contribution in [2.24, 2.45) is 0 Å². The summed E-state index contributed by atoms with van der Waals surface area (Å²) in [4.78, 5) is 33.1. The van der Waals surface area contributed by atoms with Crippen LogP contribution in [0.4, 0.5) is 23.0 Å². The van der Waals surface area contributed by atoms with E-state index in [1.165, 1.54) is 13.4 Å². The van der Waals surface area contributed by atoms with E-state index in [1.807, 2.05) is 30.3 Å². The van der Waals surface area contributed by atoms with Gasteiger partial charge < -0.3 is 15.0 Å². The summed E-state index contributed by atoms with van der Waals surface area (Å²) in [6.45, 7) is 0.427. The van der Waals surface area contributed by atoms with E-state index in [4.69, 9.17) is 4.74 Å². The number of nitro groups is 1. The second-order valence-corrected chi connectivity index (χ2v) is 6.16. The zero-order valence-electron chi connectivity index (χ0n) is 15.9. The number of hydrogen-bond donors (Lipinski definition) is 1. The Morgan fingerprint density at radius 2 is 1.83 bits per heavy atom. The van der Waals surface area contributed by atoms with Gasteiger partial charge in [-0.3, -0.25) is 10.1 Å². The van der Waals surface area contributed by atoms with Crippen LogP contribution >= 0.6 is 0 Å². The van der Waals surface area contributed by atoms with Gasteiger partial charge in [-0.25, -0.2) is 14.8 Å². The molecule has 0 bridgehead atoms. The minimum absolute atomic E-state index is 0.0173. The van der Waals surface area contributed by atoms with Crippen molar-refractivity contribution in [3.8, 4) is 0 Å². The fourth-order valence-corrected chi connectivity index (χ4v) is 2.85. The molecule has 0 amide bonds. The van der Waals surface area contributed by atoms with Crippen molar-refractivity contribution in [3.05, 3.63) is 82.2 Å². The number of nitrogens with zero attached hydrogens (tertiary/aromatic N) is 4. The molecule has 0 aliphatic carbocycles. The number of aromatic nitrogens is 2. The smallest absolute Gasteiger partial charge is 0.353 e. The molecule has 3 rings (SSSR count). The van der Waals surface area contributed by atoms with Crippen molar-refractivity contribution in [1.29, 1.82) is 0 Å². The zero-order chi connectivity index (χ0) is 20.8. The van der Waals surface area contributed by atoms with Gasteiger partial charge in [0.1, 0.15) is 6.33 Å². The van der Waals surface area contributed by atoms with Gasteiger partial charge in [-0.1, -0.05) is 42.5 Å². The van der Waals surface area contributed by atoms with Gasteiger partial charge in [0.15, 0.2) is 0 Å². The summed E-state index contributed by atoms with van der Waals surface area (Å²) in [5.41, 5.74) is 1.28. The number of anilines is 3. The molecule has 29 heavy (non-hydrogen) atoms. The number of benzene rings is 2. The van der Waals surface area contributed by atoms with Gasteiger partial charge in [-0.15, -0.1) is 0 Å². The molecule has 2 aromatic carbocycles. The molecular weight excluding hydrogens is 374 g/mol. The molecule has 1 N–H and O–H groups in total. The van der Waals surface area contributed by atoms with Crippen molar-refractivity contribution < 1.29 is 14.5 Å². The van der Waals surface area contributed by atoms with Crippen molar-refractivity contribution in [2.75, 3.05) is 24.4 Å². The number of methoxy groups -OCH3 is 1. The summed E-state index contributed by atoms with van der Waals surface area (Å²) >= 11 is 0. The predicted molar refractivity (Wildman–Crippen MR) is 108 cm³/mol. The van der Waals surface area contributed by atoms with E-state index < -0.39 is 10.9 Å². The molecule has 0 unspecified atom stereocenters. The Morgan fingerprint density at radius 1 is 1.14 bits per heavy atom. The predicted octanol–water partition coefficient (Wildman–Crippen LogP) is 3.55. The van der Waals surface area contributed by atoms with Crippen molar-refractivity contribution >= 4 is 29.0 Å². The lowest BCUT2D eigenvalue weighted by atomic mass is 10.1. The molecular formula is C20H19N5O4. The fraction of sp³-hybridized carbons (Fsp3) is 0.150. The zero-order valence-corrected chi connectivity index (χ0v) is 15.9. The minimum atomic E-state index is -0.564. The van der Waals surface area contributed by atoms with Crippen LogP contribution in [-0.2, 0) is 11.3 Å². The van der Waals surface area contributed by atoms with Gasteiger partial charge >= 0.3 is 11.7 Å². The Morgan fingerprint density at radius 3 is 2.52 bits per heavy atom. The standard InChI is InChI=1S/C20H19N5O4/c1-24(12-14-8-4-3-5-9-14)19-17(25(27)28)18(21-13-22-19)23-16-11-7-6-10-15(16)20(26)29-2/h3-11,13H,12H2,1-2H3,(H,21,22,23). The molecule has 1 aromatic heterocycles. The number of carbonyl (C=O) groups excluding carboxylic acids is 1. The molecule has 1 heterocycles. The van der Waals surface area contributed by atoms with Crippen molar-refractivity contribution in [1.82, 2.24) is 9.97 Å². The van der Waals surface area contributed by atoms with E-state index in [0.29, 0.717) is 12.2 Å². The molecule has 9 nitrogen and oxygen atoms in total. The summed E-state index contributed by atoms with van der Waals surface area (Å²) in [7, 11) is 2.98. The fourth-order valence-electron chi connectivity index (χ4n) is 2.85. The van der Waals surface area contributed by atoms with Crippen molar-refractivity contribution in [3.63, 3.8) is 0 Å². The number of rotatable bonds is 7. The number of hydrogen-bond acceptors (Lipinski definition) is 8. The highest BCUT2D eigenvalue weighted by Gasteiger charge is 2.26. The second-order valence-electron chi connectivity index (χ2n) is 6.16. The third-order valence-corrected chi connectivity index (χ3v) is 4.20. The Balaban J connectivity index is 1.98. The van der Waals surface area contributed by atoms with E-state index in [0.717, 1.165) is 5.56 Å². The van der Waals surface area contributed by atoms with Gasteiger partial charge in [0.25, 0.3) is 0 Å². The SMILES string of the molecule is COC(=O)c1ccccc1Nc1ncnc(N(C)Cc2ccccc2)c1[N+](=O)[O-]. The third-order valence-electron chi connectivity index (χ3n) is 4.20. The molecule has 3 aromatic rings. The first-order valence-corrected chi connectivity index (χ1v) is 8.70. The maximum atomic E-state index is 12.0. The summed E-state index contributed by atoms with van der Waals surface area (Å²) in [6.07, 6.45) is 1.24. The maximum absolute atomic E-state index is 12.0. The molecule has 0 aliphatic heterocycles. The first-order valence-electron chi connectivity index (χ1n) is 8.70. The quantitative estimate of drug-likeness (QED) is 0.369. The van der Waals surface area contributed by atoms with E-state index in [2.05, 4.69) is 15.3 Å². The summed E-state index contributed by atoms with van der Waals surface area (Å²) in [6, 6.07) is 16.1. The Labute approximate surface area is 167 Å². The highest BCUT2D eigenvalue weighted by molar-refractivity contribution is 5.96. The van der Waals surface area contributed by atoms with Crippen LogP contribution in [0.15, 0.2) is 60.9 Å². The lowest BCUT2D eigenvalue weighted by molar-refractivity contribution is -0.383. The van der Waals surface area contributed by atoms with Gasteiger partial charge in [0.05, 0.1) is 23.3 Å². The van der Waals surface area contributed by atoms with Crippen LogP contribution in [0.2, 0.25) is 0 Å². The van der Waals surface area contributed by atoms with Crippen LogP contribution in [0, 0.1) is 10.1 Å². The van der Waals surface area contributed by atoms with Crippen LogP contribution in [0.3, 0.4) is 0 Å². The molecule has 9 heteroatoms. The Bertz CT molecular complexity index is 1030. The van der Waals surface area contributed by atoms with Gasteiger partial charge in [-0.05, 0) is 17.7 Å². The highest BCUT2D eigenvalue weighted by Crippen LogP contribution is 2.34. The molecule has 0 saturated carbocycles. The Kier molecular flexibility index (Phi) is 5.98. The molecule has 0 spiro atoms. The topological polar surface area (TPSA) is 110 Å². The van der Waals surface area contributed by atoms with E-state index in [1.54, 1.807) is 36.2 Å². The number of ether oxygens (including phenoxy) is 1. The largest absolute Gasteiger partial charge is 0.465 e. The van der Waals surface area contributed by atoms with E-state index in [-0.39, 0.29) is 22.9 Å². The summed E-state index contributed by atoms with van der Waals surface area (Å²) < 4.78 is 4.77. The van der Waals surface area contributed by atoms with Gasteiger partial charge in [0.2, 0.25) is 11.6 Å². The minimum Gasteiger partial charge on any atom is -0.465 e. The Hall–Kier alpha value is -4.01. The molecule has 148 valence electrons. The number of carbonyl (C=O) groups is 1. The average molecular weight is 393 g/mol. The van der Waals surface area contributed by atoms with Crippen LogP contribution in [0.1, 0.15) is 15.9 Å². The summed E-state index contributed by atoms with van der Waals surface area (Å²) in [5, 5.41) is 14.7. The average Bonchev–Trinajstić information content (AvgIpc) is 2.74. The molecule has 0 aliphatic rings. The van der Waals surface area contributed by atoms with Crippen LogP contribution in [-0.4, -0.2) is 35.0 Å². The van der Waals surface area contributed by atoms with E-state index >= 15 is 0 Å². The van der Waals surface area contributed by atoms with Crippen LogP contribution in [0.5, 0.6) is 0 Å².